The number of hydrogen-bond donors (Lipinski definition) is 2. The molecule has 0 aliphatic heterocycles. The molecular weight excluding hydrogens is 226 g/mol. The lowest BCUT2D eigenvalue weighted by atomic mass is 10.1. The van der Waals surface area contributed by atoms with E-state index in [1.807, 2.05) is 0 Å². The zero-order chi connectivity index (χ0) is 13.2. The van der Waals surface area contributed by atoms with Crippen LogP contribution in [0.4, 0.5) is 0 Å². The standard InChI is InChI=1S/C14H17N3O/c1-14(2)7-12(14)17-13(18)11-6-10(4-3-5-15)8-16-9-11/h6,8-9,12H,5,7,15H2,1-2H3,(H,17,18). The highest BCUT2D eigenvalue weighted by molar-refractivity contribution is 5.94. The van der Waals surface area contributed by atoms with Crippen LogP contribution in [0, 0.1) is 17.3 Å². The SMILES string of the molecule is CC1(C)CC1NC(=O)c1cncc(C#CCN)c1. The maximum absolute atomic E-state index is 12.0. The van der Waals surface area contributed by atoms with Crippen LogP contribution in [-0.2, 0) is 0 Å². The summed E-state index contributed by atoms with van der Waals surface area (Å²) in [4.78, 5) is 16.0. The van der Waals surface area contributed by atoms with Crippen molar-refractivity contribution >= 4 is 5.91 Å². The molecule has 94 valence electrons. The fraction of sp³-hybridized carbons (Fsp3) is 0.429. The first-order chi connectivity index (χ1) is 8.53. The van der Waals surface area contributed by atoms with E-state index < -0.39 is 0 Å². The molecule has 1 atom stereocenters. The molecule has 0 aromatic carbocycles. The fourth-order valence-electron chi connectivity index (χ4n) is 1.74. The van der Waals surface area contributed by atoms with E-state index in [2.05, 4.69) is 36.0 Å². The highest BCUT2D eigenvalue weighted by Gasteiger charge is 2.46. The van der Waals surface area contributed by atoms with Crippen molar-refractivity contribution in [2.24, 2.45) is 11.1 Å². The van der Waals surface area contributed by atoms with Gasteiger partial charge < -0.3 is 11.1 Å². The Kier molecular flexibility index (Phi) is 3.35. The molecule has 3 N–H and O–H groups in total. The number of aromatic nitrogens is 1. The molecule has 1 saturated carbocycles. The van der Waals surface area contributed by atoms with E-state index >= 15 is 0 Å². The van der Waals surface area contributed by atoms with Gasteiger partial charge in [-0.2, -0.15) is 0 Å². The number of carbonyl (C=O) groups is 1. The van der Waals surface area contributed by atoms with Crippen molar-refractivity contribution in [3.05, 3.63) is 29.6 Å². The second kappa shape index (κ2) is 4.79. The van der Waals surface area contributed by atoms with Crippen LogP contribution < -0.4 is 11.1 Å². The van der Waals surface area contributed by atoms with Crippen LogP contribution in [0.3, 0.4) is 0 Å². The van der Waals surface area contributed by atoms with Crippen molar-refractivity contribution in [3.63, 3.8) is 0 Å². The second-order valence-corrected chi connectivity index (χ2v) is 5.19. The molecule has 1 fully saturated rings. The maximum Gasteiger partial charge on any atom is 0.253 e. The predicted octanol–water partition coefficient (Wildman–Crippen LogP) is 0.920. The average Bonchev–Trinajstić information content (AvgIpc) is 2.94. The third-order valence-corrected chi connectivity index (χ3v) is 3.15. The monoisotopic (exact) mass is 243 g/mol. The quantitative estimate of drug-likeness (QED) is 0.759. The Morgan fingerprint density at radius 1 is 1.61 bits per heavy atom. The zero-order valence-electron chi connectivity index (χ0n) is 10.7. The molecule has 18 heavy (non-hydrogen) atoms. The molecule has 4 nitrogen and oxygen atoms in total. The Hall–Kier alpha value is -1.86. The van der Waals surface area contributed by atoms with Crippen molar-refractivity contribution in [3.8, 4) is 11.8 Å². The van der Waals surface area contributed by atoms with E-state index in [9.17, 15) is 4.79 Å². The Morgan fingerprint density at radius 2 is 2.33 bits per heavy atom. The van der Waals surface area contributed by atoms with E-state index in [0.717, 1.165) is 6.42 Å². The molecular formula is C14H17N3O. The molecule has 1 heterocycles. The molecule has 1 amide bonds. The summed E-state index contributed by atoms with van der Waals surface area (Å²) in [6.45, 7) is 4.57. The summed E-state index contributed by atoms with van der Waals surface area (Å²) in [6, 6.07) is 2.00. The maximum atomic E-state index is 12.0. The topological polar surface area (TPSA) is 68.0 Å². The average molecular weight is 243 g/mol. The number of nitrogens with two attached hydrogens (primary N) is 1. The second-order valence-electron chi connectivity index (χ2n) is 5.19. The van der Waals surface area contributed by atoms with Crippen LogP contribution in [-0.4, -0.2) is 23.5 Å². The first kappa shape index (κ1) is 12.6. The summed E-state index contributed by atoms with van der Waals surface area (Å²) in [5.74, 6) is 5.52. The van der Waals surface area contributed by atoms with Crippen molar-refractivity contribution in [1.29, 1.82) is 0 Å². The zero-order valence-corrected chi connectivity index (χ0v) is 10.7. The minimum Gasteiger partial charge on any atom is -0.349 e. The number of nitrogens with one attached hydrogen (secondary N) is 1. The highest BCUT2D eigenvalue weighted by Crippen LogP contribution is 2.44. The number of hydrogen-bond acceptors (Lipinski definition) is 3. The van der Waals surface area contributed by atoms with Gasteiger partial charge in [0.05, 0.1) is 12.1 Å². The van der Waals surface area contributed by atoms with Crippen LogP contribution in [0.5, 0.6) is 0 Å². The van der Waals surface area contributed by atoms with Gasteiger partial charge in [-0.05, 0) is 17.9 Å². The van der Waals surface area contributed by atoms with Crippen LogP contribution >= 0.6 is 0 Å². The third kappa shape index (κ3) is 2.88. The summed E-state index contributed by atoms with van der Waals surface area (Å²) in [6.07, 6.45) is 4.21. The van der Waals surface area contributed by atoms with Crippen LogP contribution in [0.15, 0.2) is 18.5 Å². The molecule has 1 aromatic heterocycles. The molecule has 4 heteroatoms. The van der Waals surface area contributed by atoms with Gasteiger partial charge in [-0.15, -0.1) is 0 Å². The Balaban J connectivity index is 2.06. The number of pyridine rings is 1. The molecule has 0 bridgehead atoms. The van der Waals surface area contributed by atoms with Crippen molar-refractivity contribution in [2.75, 3.05) is 6.54 Å². The summed E-state index contributed by atoms with van der Waals surface area (Å²) < 4.78 is 0. The smallest absolute Gasteiger partial charge is 0.253 e. The molecule has 1 aliphatic rings. The van der Waals surface area contributed by atoms with E-state index in [0.29, 0.717) is 17.7 Å². The van der Waals surface area contributed by atoms with Crippen molar-refractivity contribution in [2.45, 2.75) is 26.3 Å². The molecule has 0 radical (unpaired) electrons. The minimum atomic E-state index is -0.0885. The van der Waals surface area contributed by atoms with E-state index in [-0.39, 0.29) is 17.4 Å². The predicted molar refractivity (Wildman–Crippen MR) is 69.8 cm³/mol. The van der Waals surface area contributed by atoms with Gasteiger partial charge in [0.1, 0.15) is 0 Å². The van der Waals surface area contributed by atoms with Gasteiger partial charge in [0.25, 0.3) is 5.91 Å². The Bertz CT molecular complexity index is 525. The molecule has 1 aromatic rings. The van der Waals surface area contributed by atoms with Gasteiger partial charge in [-0.1, -0.05) is 25.7 Å². The highest BCUT2D eigenvalue weighted by atomic mass is 16.1. The first-order valence-electron chi connectivity index (χ1n) is 5.98. The number of amides is 1. The van der Waals surface area contributed by atoms with Crippen LogP contribution in [0.2, 0.25) is 0 Å². The lowest BCUT2D eigenvalue weighted by molar-refractivity contribution is 0.0946. The molecule has 1 unspecified atom stereocenters. The summed E-state index contributed by atoms with van der Waals surface area (Å²) in [5, 5.41) is 2.99. The normalized spacial score (nSPS) is 19.6. The molecule has 0 saturated heterocycles. The Morgan fingerprint density at radius 3 is 2.94 bits per heavy atom. The van der Waals surface area contributed by atoms with Gasteiger partial charge in [-0.3, -0.25) is 9.78 Å². The van der Waals surface area contributed by atoms with Gasteiger partial charge in [0, 0.05) is 24.0 Å². The molecule has 0 spiro atoms. The molecule has 2 rings (SSSR count). The fourth-order valence-corrected chi connectivity index (χ4v) is 1.74. The molecule has 1 aliphatic carbocycles. The van der Waals surface area contributed by atoms with Gasteiger partial charge in [0.2, 0.25) is 0 Å². The van der Waals surface area contributed by atoms with Crippen LogP contribution in [0.1, 0.15) is 36.2 Å². The van der Waals surface area contributed by atoms with Crippen molar-refractivity contribution < 1.29 is 4.79 Å². The summed E-state index contributed by atoms with van der Waals surface area (Å²) in [5.41, 5.74) is 6.78. The summed E-state index contributed by atoms with van der Waals surface area (Å²) >= 11 is 0. The minimum absolute atomic E-state index is 0.0885. The third-order valence-electron chi connectivity index (χ3n) is 3.15. The van der Waals surface area contributed by atoms with Crippen molar-refractivity contribution in [1.82, 2.24) is 10.3 Å². The van der Waals surface area contributed by atoms with Crippen LogP contribution in [0.25, 0.3) is 0 Å². The Labute approximate surface area is 107 Å². The number of rotatable bonds is 2. The van der Waals surface area contributed by atoms with E-state index in [1.54, 1.807) is 18.5 Å². The lowest BCUT2D eigenvalue weighted by Crippen LogP contribution is -2.28. The van der Waals surface area contributed by atoms with Gasteiger partial charge in [0.15, 0.2) is 0 Å². The van der Waals surface area contributed by atoms with E-state index in [1.165, 1.54) is 0 Å². The largest absolute Gasteiger partial charge is 0.349 e. The number of carbonyl (C=O) groups excluding carboxylic acids is 1. The first-order valence-corrected chi connectivity index (χ1v) is 5.98. The number of nitrogens with zero attached hydrogens (tertiary/aromatic N) is 1. The summed E-state index contributed by atoms with van der Waals surface area (Å²) in [7, 11) is 0. The van der Waals surface area contributed by atoms with E-state index in [4.69, 9.17) is 5.73 Å². The lowest BCUT2D eigenvalue weighted by Gasteiger charge is -2.06. The van der Waals surface area contributed by atoms with Gasteiger partial charge >= 0.3 is 0 Å². The van der Waals surface area contributed by atoms with Gasteiger partial charge in [-0.25, -0.2) is 0 Å².